The van der Waals surface area contributed by atoms with Gasteiger partial charge >= 0.3 is 0 Å². The van der Waals surface area contributed by atoms with Crippen molar-refractivity contribution in [1.29, 1.82) is 0 Å². The molecule has 0 amide bonds. The van der Waals surface area contributed by atoms with Gasteiger partial charge in [0.2, 0.25) is 0 Å². The van der Waals surface area contributed by atoms with Gasteiger partial charge in [-0.3, -0.25) is 4.79 Å². The third-order valence-electron chi connectivity index (χ3n) is 2.06. The molecule has 0 fully saturated rings. The molecular formula is C10H8ClNO. The maximum absolute atomic E-state index is 10.6. The van der Waals surface area contributed by atoms with Crippen LogP contribution in [0.4, 0.5) is 0 Å². The molecule has 0 saturated carbocycles. The second-order valence-electron chi connectivity index (χ2n) is 2.95. The molecule has 66 valence electrons. The van der Waals surface area contributed by atoms with Crippen LogP contribution in [-0.2, 0) is 0 Å². The Labute approximate surface area is 80.6 Å². The van der Waals surface area contributed by atoms with Crippen LogP contribution >= 0.6 is 11.6 Å². The highest BCUT2D eigenvalue weighted by molar-refractivity contribution is 6.31. The molecule has 0 bridgehead atoms. The van der Waals surface area contributed by atoms with Crippen molar-refractivity contribution in [1.82, 2.24) is 4.98 Å². The third-order valence-corrected chi connectivity index (χ3v) is 2.36. The maximum atomic E-state index is 10.6. The molecule has 0 unspecified atom stereocenters. The van der Waals surface area contributed by atoms with E-state index in [-0.39, 0.29) is 0 Å². The molecule has 0 aliphatic heterocycles. The zero-order chi connectivity index (χ0) is 9.26. The second-order valence-corrected chi connectivity index (χ2v) is 3.30. The Kier molecular flexibility index (Phi) is 2.15. The van der Waals surface area contributed by atoms with Gasteiger partial charge in [0.05, 0.1) is 10.9 Å². The zero-order valence-corrected chi connectivity index (χ0v) is 7.71. The van der Waals surface area contributed by atoms with Crippen LogP contribution in [0.5, 0.6) is 0 Å². The van der Waals surface area contributed by atoms with Crippen molar-refractivity contribution in [2.45, 2.75) is 12.8 Å². The number of rotatable bonds is 1. The van der Waals surface area contributed by atoms with Crippen LogP contribution in [-0.4, -0.2) is 11.3 Å². The number of carbonyl (C=O) groups is 1. The van der Waals surface area contributed by atoms with Gasteiger partial charge < -0.3 is 0 Å². The summed E-state index contributed by atoms with van der Waals surface area (Å²) in [6.45, 7) is 0. The van der Waals surface area contributed by atoms with Gasteiger partial charge in [0, 0.05) is 0 Å². The summed E-state index contributed by atoms with van der Waals surface area (Å²) in [6, 6.07) is 1.79. The predicted molar refractivity (Wildman–Crippen MR) is 52.0 cm³/mol. The molecule has 2 nitrogen and oxygen atoms in total. The molecule has 1 aliphatic rings. The molecule has 1 aliphatic carbocycles. The van der Waals surface area contributed by atoms with E-state index in [0.29, 0.717) is 10.7 Å². The van der Waals surface area contributed by atoms with E-state index in [1.807, 2.05) is 6.08 Å². The molecule has 0 spiro atoms. The number of aldehydes is 1. The van der Waals surface area contributed by atoms with E-state index >= 15 is 0 Å². The fraction of sp³-hybridized carbons (Fsp3) is 0.200. The topological polar surface area (TPSA) is 30.0 Å². The average molecular weight is 194 g/mol. The number of fused-ring (bicyclic) bond motifs is 1. The lowest BCUT2D eigenvalue weighted by Gasteiger charge is -2.00. The highest BCUT2D eigenvalue weighted by Gasteiger charge is 2.02. The lowest BCUT2D eigenvalue weighted by Crippen LogP contribution is -2.30. The zero-order valence-electron chi connectivity index (χ0n) is 6.96. The van der Waals surface area contributed by atoms with Gasteiger partial charge in [-0.2, -0.15) is 0 Å². The van der Waals surface area contributed by atoms with Gasteiger partial charge in [0.25, 0.3) is 0 Å². The summed E-state index contributed by atoms with van der Waals surface area (Å²) in [5, 5.41) is 2.19. The number of pyridine rings is 1. The van der Waals surface area contributed by atoms with E-state index in [1.165, 1.54) is 0 Å². The van der Waals surface area contributed by atoms with Gasteiger partial charge in [0.1, 0.15) is 5.15 Å². The fourth-order valence-corrected chi connectivity index (χ4v) is 1.59. The smallest absolute Gasteiger partial charge is 0.153 e. The normalized spacial score (nSPS) is 13.9. The predicted octanol–water partition coefficient (Wildman–Crippen LogP) is 0.902. The first-order valence-electron chi connectivity index (χ1n) is 4.13. The molecule has 13 heavy (non-hydrogen) atoms. The van der Waals surface area contributed by atoms with Crippen LogP contribution < -0.4 is 10.6 Å². The summed E-state index contributed by atoms with van der Waals surface area (Å²) in [7, 11) is 0. The molecule has 1 aromatic heterocycles. The number of aromatic nitrogens is 1. The van der Waals surface area contributed by atoms with Crippen LogP contribution in [0.15, 0.2) is 6.07 Å². The molecular weight excluding hydrogens is 186 g/mol. The van der Waals surface area contributed by atoms with E-state index in [0.717, 1.165) is 29.7 Å². The molecule has 3 heteroatoms. The number of nitrogens with zero attached hydrogens (tertiary/aromatic N) is 1. The molecule has 0 aromatic carbocycles. The first kappa shape index (κ1) is 8.45. The van der Waals surface area contributed by atoms with Crippen LogP contribution in [0.1, 0.15) is 23.2 Å². The molecule has 0 saturated heterocycles. The van der Waals surface area contributed by atoms with E-state index in [9.17, 15) is 4.79 Å². The summed E-state index contributed by atoms with van der Waals surface area (Å²) in [5.41, 5.74) is 0.465. The Bertz CT molecular complexity index is 465. The van der Waals surface area contributed by atoms with Gasteiger partial charge in [-0.1, -0.05) is 23.8 Å². The Morgan fingerprint density at radius 2 is 2.15 bits per heavy atom. The van der Waals surface area contributed by atoms with Crippen molar-refractivity contribution in [3.63, 3.8) is 0 Å². The highest BCUT2D eigenvalue weighted by atomic mass is 35.5. The standard InChI is InChI=1S/C10H8ClNO/c11-10-8(6-13)5-7-3-1-2-4-9(7)12-10/h3-6H,1-2H2. The van der Waals surface area contributed by atoms with E-state index in [4.69, 9.17) is 11.6 Å². The molecule has 2 rings (SSSR count). The molecule has 0 radical (unpaired) electrons. The Hall–Kier alpha value is -1.15. The fourth-order valence-electron chi connectivity index (χ4n) is 1.40. The highest BCUT2D eigenvalue weighted by Crippen LogP contribution is 2.05. The summed E-state index contributed by atoms with van der Waals surface area (Å²) in [5.74, 6) is 0. The minimum Gasteiger partial charge on any atom is -0.298 e. The van der Waals surface area contributed by atoms with Crippen LogP contribution in [0, 0.1) is 0 Å². The monoisotopic (exact) mass is 193 g/mol. The van der Waals surface area contributed by atoms with Crippen LogP contribution in [0.25, 0.3) is 12.2 Å². The average Bonchev–Trinajstić information content (AvgIpc) is 2.17. The summed E-state index contributed by atoms with van der Waals surface area (Å²) in [6.07, 6.45) is 6.85. The second kappa shape index (κ2) is 3.30. The summed E-state index contributed by atoms with van der Waals surface area (Å²) >= 11 is 5.79. The summed E-state index contributed by atoms with van der Waals surface area (Å²) < 4.78 is 0. The number of carbonyl (C=O) groups excluding carboxylic acids is 1. The number of hydrogen-bond acceptors (Lipinski definition) is 2. The van der Waals surface area contributed by atoms with Crippen LogP contribution in [0.2, 0.25) is 5.15 Å². The van der Waals surface area contributed by atoms with E-state index < -0.39 is 0 Å². The Morgan fingerprint density at radius 1 is 1.38 bits per heavy atom. The van der Waals surface area contributed by atoms with Crippen molar-refractivity contribution in [2.24, 2.45) is 0 Å². The maximum Gasteiger partial charge on any atom is 0.153 e. The van der Waals surface area contributed by atoms with Crippen molar-refractivity contribution in [2.75, 3.05) is 0 Å². The van der Waals surface area contributed by atoms with Gasteiger partial charge in [-0.05, 0) is 24.1 Å². The lowest BCUT2D eigenvalue weighted by molar-refractivity contribution is 0.112. The van der Waals surface area contributed by atoms with Crippen molar-refractivity contribution in [3.8, 4) is 0 Å². The number of hydrogen-bond donors (Lipinski definition) is 0. The minimum absolute atomic E-state index is 0.292. The SMILES string of the molecule is O=Cc1cc2c(nc1Cl)=CCCC=2. The molecule has 0 N–H and O–H groups in total. The summed E-state index contributed by atoms with van der Waals surface area (Å²) in [4.78, 5) is 14.7. The Morgan fingerprint density at radius 3 is 2.92 bits per heavy atom. The first-order valence-corrected chi connectivity index (χ1v) is 4.51. The van der Waals surface area contributed by atoms with E-state index in [1.54, 1.807) is 6.07 Å². The largest absolute Gasteiger partial charge is 0.298 e. The van der Waals surface area contributed by atoms with Crippen molar-refractivity contribution < 1.29 is 4.79 Å². The number of halogens is 1. The van der Waals surface area contributed by atoms with Gasteiger partial charge in [-0.25, -0.2) is 4.98 Å². The molecule has 1 aromatic rings. The third kappa shape index (κ3) is 1.49. The van der Waals surface area contributed by atoms with Gasteiger partial charge in [0.15, 0.2) is 6.29 Å². The van der Waals surface area contributed by atoms with Gasteiger partial charge in [-0.15, -0.1) is 0 Å². The lowest BCUT2D eigenvalue weighted by atomic mass is 10.1. The molecule has 0 atom stereocenters. The minimum atomic E-state index is 0.292. The Balaban J connectivity index is 2.79. The quantitative estimate of drug-likeness (QED) is 0.490. The van der Waals surface area contributed by atoms with Crippen molar-refractivity contribution in [3.05, 3.63) is 27.4 Å². The first-order chi connectivity index (χ1) is 6.31. The molecule has 1 heterocycles. The van der Waals surface area contributed by atoms with Crippen LogP contribution in [0.3, 0.4) is 0 Å². The van der Waals surface area contributed by atoms with E-state index in [2.05, 4.69) is 11.1 Å². The van der Waals surface area contributed by atoms with Crippen molar-refractivity contribution >= 4 is 30.0 Å².